The molecule has 0 saturated heterocycles. The largest absolute Gasteiger partial charge is 0.494 e. The van der Waals surface area contributed by atoms with Crippen LogP contribution >= 0.6 is 11.8 Å². The van der Waals surface area contributed by atoms with E-state index in [1.165, 1.54) is 31.0 Å². The molecular formula is C11H14FNO3S. The Morgan fingerprint density at radius 1 is 1.53 bits per heavy atom. The standard InChI is InChI=1S/C11H14FNO3S/c1-3-16-11(14)6-17-10-5-9(15-2)7(12)4-8(10)13/h4-5H,3,6,13H2,1-2H3. The minimum absolute atomic E-state index is 0.102. The fraction of sp³-hybridized carbons (Fsp3) is 0.364. The number of methoxy groups -OCH3 is 1. The van der Waals surface area contributed by atoms with E-state index in [1.54, 1.807) is 6.92 Å². The molecule has 17 heavy (non-hydrogen) atoms. The van der Waals surface area contributed by atoms with Gasteiger partial charge in [-0.1, -0.05) is 0 Å². The van der Waals surface area contributed by atoms with Crippen molar-refractivity contribution >= 4 is 23.4 Å². The number of nitrogens with two attached hydrogens (primary N) is 1. The monoisotopic (exact) mass is 259 g/mol. The van der Waals surface area contributed by atoms with Gasteiger partial charge in [-0.15, -0.1) is 11.8 Å². The minimum atomic E-state index is -0.523. The smallest absolute Gasteiger partial charge is 0.316 e. The van der Waals surface area contributed by atoms with Crippen LogP contribution < -0.4 is 10.5 Å². The molecule has 0 bridgehead atoms. The topological polar surface area (TPSA) is 61.5 Å². The Bertz CT molecular complexity index is 412. The van der Waals surface area contributed by atoms with Gasteiger partial charge in [-0.2, -0.15) is 0 Å². The van der Waals surface area contributed by atoms with E-state index in [0.29, 0.717) is 11.5 Å². The lowest BCUT2D eigenvalue weighted by Crippen LogP contribution is -2.07. The number of hydrogen-bond donors (Lipinski definition) is 1. The number of thioether (sulfide) groups is 1. The Labute approximate surface area is 103 Å². The molecule has 0 atom stereocenters. The maximum atomic E-state index is 13.2. The highest BCUT2D eigenvalue weighted by molar-refractivity contribution is 8.00. The van der Waals surface area contributed by atoms with Crippen molar-refractivity contribution in [2.75, 3.05) is 25.2 Å². The number of esters is 1. The number of carbonyl (C=O) groups is 1. The van der Waals surface area contributed by atoms with Crippen molar-refractivity contribution in [3.63, 3.8) is 0 Å². The van der Waals surface area contributed by atoms with Gasteiger partial charge in [-0.3, -0.25) is 4.79 Å². The summed E-state index contributed by atoms with van der Waals surface area (Å²) in [7, 11) is 1.37. The van der Waals surface area contributed by atoms with Gasteiger partial charge in [0.25, 0.3) is 0 Å². The first-order chi connectivity index (χ1) is 8.08. The molecule has 0 aliphatic rings. The highest BCUT2D eigenvalue weighted by Gasteiger charge is 2.11. The quantitative estimate of drug-likeness (QED) is 0.498. The van der Waals surface area contributed by atoms with E-state index < -0.39 is 5.82 Å². The van der Waals surface area contributed by atoms with Crippen molar-refractivity contribution in [2.45, 2.75) is 11.8 Å². The minimum Gasteiger partial charge on any atom is -0.494 e. The normalized spacial score (nSPS) is 10.1. The summed E-state index contributed by atoms with van der Waals surface area (Å²) in [5, 5.41) is 0. The van der Waals surface area contributed by atoms with Crippen molar-refractivity contribution in [3.8, 4) is 5.75 Å². The summed E-state index contributed by atoms with van der Waals surface area (Å²) in [6.07, 6.45) is 0. The van der Waals surface area contributed by atoms with E-state index in [0.717, 1.165) is 0 Å². The molecular weight excluding hydrogens is 245 g/mol. The van der Waals surface area contributed by atoms with E-state index in [2.05, 4.69) is 0 Å². The Morgan fingerprint density at radius 2 is 2.24 bits per heavy atom. The summed E-state index contributed by atoms with van der Waals surface area (Å²) >= 11 is 1.19. The molecule has 0 heterocycles. The van der Waals surface area contributed by atoms with Gasteiger partial charge in [0.2, 0.25) is 0 Å². The van der Waals surface area contributed by atoms with E-state index in [-0.39, 0.29) is 23.2 Å². The van der Waals surface area contributed by atoms with Crippen LogP contribution in [0.3, 0.4) is 0 Å². The van der Waals surface area contributed by atoms with Crippen LogP contribution in [0.4, 0.5) is 10.1 Å². The summed E-state index contributed by atoms with van der Waals surface area (Å²) < 4.78 is 22.9. The molecule has 2 N–H and O–H groups in total. The fourth-order valence-corrected chi connectivity index (χ4v) is 1.94. The van der Waals surface area contributed by atoms with Crippen molar-refractivity contribution in [2.24, 2.45) is 0 Å². The number of hydrogen-bond acceptors (Lipinski definition) is 5. The Morgan fingerprint density at radius 3 is 2.82 bits per heavy atom. The number of anilines is 1. The molecule has 1 aromatic carbocycles. The van der Waals surface area contributed by atoms with Gasteiger partial charge in [0.05, 0.1) is 19.5 Å². The summed E-state index contributed by atoms with van der Waals surface area (Å²) in [6, 6.07) is 2.64. The Balaban J connectivity index is 2.74. The van der Waals surface area contributed by atoms with Crippen LogP contribution in [0, 0.1) is 5.82 Å². The SMILES string of the molecule is CCOC(=O)CSc1cc(OC)c(F)cc1N. The van der Waals surface area contributed by atoms with Crippen molar-refractivity contribution in [3.05, 3.63) is 17.9 Å². The van der Waals surface area contributed by atoms with Gasteiger partial charge < -0.3 is 15.2 Å². The number of halogens is 1. The van der Waals surface area contributed by atoms with E-state index in [9.17, 15) is 9.18 Å². The first-order valence-electron chi connectivity index (χ1n) is 5.00. The molecule has 0 aliphatic heterocycles. The zero-order valence-corrected chi connectivity index (χ0v) is 10.5. The maximum absolute atomic E-state index is 13.2. The molecule has 0 aromatic heterocycles. The Kier molecular flexibility index (Phi) is 5.09. The van der Waals surface area contributed by atoms with Crippen LogP contribution in [0.1, 0.15) is 6.92 Å². The molecule has 0 spiro atoms. The van der Waals surface area contributed by atoms with Crippen molar-refractivity contribution < 1.29 is 18.7 Å². The molecule has 0 amide bonds. The molecule has 1 rings (SSSR count). The van der Waals surface area contributed by atoms with Crippen molar-refractivity contribution in [1.29, 1.82) is 0 Å². The third kappa shape index (κ3) is 3.81. The number of ether oxygens (including phenoxy) is 2. The first-order valence-corrected chi connectivity index (χ1v) is 5.98. The van der Waals surface area contributed by atoms with E-state index in [4.69, 9.17) is 15.2 Å². The predicted molar refractivity (Wildman–Crippen MR) is 64.7 cm³/mol. The Hall–Kier alpha value is -1.43. The van der Waals surface area contributed by atoms with Crippen LogP contribution in [0.15, 0.2) is 17.0 Å². The lowest BCUT2D eigenvalue weighted by Gasteiger charge is -2.08. The van der Waals surface area contributed by atoms with Crippen molar-refractivity contribution in [1.82, 2.24) is 0 Å². The highest BCUT2D eigenvalue weighted by Crippen LogP contribution is 2.31. The second-order valence-corrected chi connectivity index (χ2v) is 4.14. The molecule has 94 valence electrons. The maximum Gasteiger partial charge on any atom is 0.316 e. The van der Waals surface area contributed by atoms with Crippen LogP contribution in [0.2, 0.25) is 0 Å². The number of benzene rings is 1. The fourth-order valence-electron chi connectivity index (χ4n) is 1.17. The average molecular weight is 259 g/mol. The first kappa shape index (κ1) is 13.6. The van der Waals surface area contributed by atoms with E-state index >= 15 is 0 Å². The predicted octanol–water partition coefficient (Wildman–Crippen LogP) is 2.07. The van der Waals surface area contributed by atoms with Gasteiger partial charge in [-0.05, 0) is 13.0 Å². The molecule has 1 aromatic rings. The van der Waals surface area contributed by atoms with Gasteiger partial charge in [0.15, 0.2) is 11.6 Å². The molecule has 0 aliphatic carbocycles. The third-order valence-electron chi connectivity index (χ3n) is 1.94. The molecule has 0 saturated carbocycles. The molecule has 6 heteroatoms. The summed E-state index contributed by atoms with van der Waals surface area (Å²) in [6.45, 7) is 2.07. The third-order valence-corrected chi connectivity index (χ3v) is 2.98. The summed E-state index contributed by atoms with van der Waals surface area (Å²) in [5.41, 5.74) is 5.91. The van der Waals surface area contributed by atoms with Crippen LogP contribution in [-0.2, 0) is 9.53 Å². The van der Waals surface area contributed by atoms with E-state index in [1.807, 2.05) is 0 Å². The molecule has 0 radical (unpaired) electrons. The molecule has 0 fully saturated rings. The summed E-state index contributed by atoms with van der Waals surface area (Å²) in [5.74, 6) is -0.622. The zero-order valence-electron chi connectivity index (χ0n) is 9.66. The van der Waals surface area contributed by atoms with Gasteiger partial charge in [0, 0.05) is 16.6 Å². The second kappa shape index (κ2) is 6.34. The van der Waals surface area contributed by atoms with Gasteiger partial charge in [-0.25, -0.2) is 4.39 Å². The summed E-state index contributed by atoms with van der Waals surface area (Å²) in [4.78, 5) is 11.8. The number of rotatable bonds is 5. The van der Waals surface area contributed by atoms with Crippen LogP contribution in [0.5, 0.6) is 5.75 Å². The number of carbonyl (C=O) groups excluding carboxylic acids is 1. The zero-order chi connectivity index (χ0) is 12.8. The second-order valence-electron chi connectivity index (χ2n) is 3.12. The van der Waals surface area contributed by atoms with Crippen LogP contribution in [0.25, 0.3) is 0 Å². The van der Waals surface area contributed by atoms with Crippen LogP contribution in [-0.4, -0.2) is 25.4 Å². The highest BCUT2D eigenvalue weighted by atomic mass is 32.2. The molecule has 4 nitrogen and oxygen atoms in total. The number of nitrogen functional groups attached to an aromatic ring is 1. The van der Waals surface area contributed by atoms with Gasteiger partial charge in [0.1, 0.15) is 0 Å². The lowest BCUT2D eigenvalue weighted by molar-refractivity contribution is -0.139. The lowest BCUT2D eigenvalue weighted by atomic mass is 10.3. The molecule has 0 unspecified atom stereocenters. The average Bonchev–Trinajstić information content (AvgIpc) is 2.28. The van der Waals surface area contributed by atoms with Gasteiger partial charge >= 0.3 is 5.97 Å².